The smallest absolute Gasteiger partial charge is 0.138 e. The van der Waals surface area contributed by atoms with Gasteiger partial charge in [0, 0.05) is 19.0 Å². The predicted molar refractivity (Wildman–Crippen MR) is 73.5 cm³/mol. The Kier molecular flexibility index (Phi) is 3.97. The third kappa shape index (κ3) is 2.83. The fraction of sp³-hybridized carbons (Fsp3) is 0.429. The summed E-state index contributed by atoms with van der Waals surface area (Å²) in [6.45, 7) is 4.20. The molecule has 5 nitrogen and oxygen atoms in total. The van der Waals surface area contributed by atoms with Gasteiger partial charge in [-0.05, 0) is 19.4 Å². The minimum absolute atomic E-state index is 0.141. The average molecular weight is 260 g/mol. The van der Waals surface area contributed by atoms with Gasteiger partial charge in [0.1, 0.15) is 17.8 Å². The van der Waals surface area contributed by atoms with E-state index < -0.39 is 5.60 Å². The molecule has 0 aliphatic rings. The van der Waals surface area contributed by atoms with E-state index in [0.29, 0.717) is 6.42 Å². The zero-order valence-electron chi connectivity index (χ0n) is 11.3. The zero-order valence-corrected chi connectivity index (χ0v) is 11.3. The summed E-state index contributed by atoms with van der Waals surface area (Å²) in [4.78, 5) is 4.23. The Hall–Kier alpha value is -1.72. The van der Waals surface area contributed by atoms with E-state index in [1.807, 2.05) is 48.9 Å². The van der Waals surface area contributed by atoms with Gasteiger partial charge in [0.25, 0.3) is 0 Å². The summed E-state index contributed by atoms with van der Waals surface area (Å²) in [5.41, 5.74) is 5.47. The van der Waals surface area contributed by atoms with Gasteiger partial charge in [-0.25, -0.2) is 9.67 Å². The molecule has 5 heteroatoms. The molecule has 0 aliphatic heterocycles. The van der Waals surface area contributed by atoms with E-state index in [9.17, 15) is 5.11 Å². The molecular weight excluding hydrogens is 240 g/mol. The van der Waals surface area contributed by atoms with Crippen LogP contribution in [0.3, 0.4) is 0 Å². The number of nitrogens with zero attached hydrogens (tertiary/aromatic N) is 3. The summed E-state index contributed by atoms with van der Waals surface area (Å²) in [6.07, 6.45) is 1.86. The van der Waals surface area contributed by atoms with E-state index in [1.54, 1.807) is 0 Å². The number of hydrogen-bond donors (Lipinski definition) is 2. The summed E-state index contributed by atoms with van der Waals surface area (Å²) >= 11 is 0. The molecule has 0 saturated heterocycles. The second-order valence-corrected chi connectivity index (χ2v) is 4.99. The van der Waals surface area contributed by atoms with E-state index in [4.69, 9.17) is 5.73 Å². The minimum Gasteiger partial charge on any atom is -0.383 e. The Morgan fingerprint density at radius 2 is 2.00 bits per heavy atom. The molecule has 0 spiro atoms. The summed E-state index contributed by atoms with van der Waals surface area (Å²) in [6, 6.07) is 9.66. The van der Waals surface area contributed by atoms with Crippen molar-refractivity contribution in [2.75, 3.05) is 6.54 Å². The number of aromatic nitrogens is 3. The van der Waals surface area contributed by atoms with E-state index in [2.05, 4.69) is 10.1 Å². The minimum atomic E-state index is -1.11. The Bertz CT molecular complexity index is 523. The number of rotatable bonds is 5. The van der Waals surface area contributed by atoms with Crippen molar-refractivity contribution in [2.24, 2.45) is 5.73 Å². The molecule has 2 aromatic rings. The van der Waals surface area contributed by atoms with Crippen molar-refractivity contribution >= 4 is 0 Å². The van der Waals surface area contributed by atoms with Gasteiger partial charge in [0.2, 0.25) is 0 Å². The summed E-state index contributed by atoms with van der Waals surface area (Å²) in [5.74, 6) is 0.742. The molecule has 0 radical (unpaired) electrons. The van der Waals surface area contributed by atoms with Crippen molar-refractivity contribution in [3.63, 3.8) is 0 Å². The third-order valence-corrected chi connectivity index (χ3v) is 3.24. The van der Waals surface area contributed by atoms with Crippen LogP contribution in [-0.2, 0) is 12.0 Å². The van der Waals surface area contributed by atoms with Crippen LogP contribution in [0.4, 0.5) is 0 Å². The van der Waals surface area contributed by atoms with Crippen molar-refractivity contribution in [1.82, 2.24) is 14.8 Å². The van der Waals surface area contributed by atoms with Crippen LogP contribution in [0.25, 0.3) is 0 Å². The Morgan fingerprint density at radius 1 is 1.32 bits per heavy atom. The molecular formula is C14H20N4O. The van der Waals surface area contributed by atoms with Gasteiger partial charge in [-0.2, -0.15) is 5.10 Å². The van der Waals surface area contributed by atoms with Crippen molar-refractivity contribution in [1.29, 1.82) is 0 Å². The molecule has 19 heavy (non-hydrogen) atoms. The van der Waals surface area contributed by atoms with Gasteiger partial charge >= 0.3 is 0 Å². The third-order valence-electron chi connectivity index (χ3n) is 3.24. The van der Waals surface area contributed by atoms with Gasteiger partial charge in [-0.1, -0.05) is 30.3 Å². The van der Waals surface area contributed by atoms with E-state index in [0.717, 1.165) is 11.4 Å². The maximum atomic E-state index is 10.8. The van der Waals surface area contributed by atoms with Crippen LogP contribution >= 0.6 is 0 Å². The second kappa shape index (κ2) is 5.50. The second-order valence-electron chi connectivity index (χ2n) is 4.99. The Balaban J connectivity index is 2.31. The molecule has 1 atom stereocenters. The molecule has 0 fully saturated rings. The molecule has 1 aromatic heterocycles. The van der Waals surface area contributed by atoms with Gasteiger partial charge in [0.15, 0.2) is 0 Å². The summed E-state index contributed by atoms with van der Waals surface area (Å²) in [5, 5.41) is 14.9. The lowest BCUT2D eigenvalue weighted by molar-refractivity contribution is 0.0428. The van der Waals surface area contributed by atoms with Crippen LogP contribution in [0.1, 0.15) is 31.3 Å². The topological polar surface area (TPSA) is 77.0 Å². The first-order chi connectivity index (χ1) is 9.07. The Labute approximate surface area is 113 Å². The standard InChI is InChI=1S/C14H20N4O/c1-11(2)18-13(16-10-17-18)8-14(19,9-15)12-6-4-3-5-7-12/h3-7,10-11,19H,8-9,15H2,1-2H3. The van der Waals surface area contributed by atoms with Gasteiger partial charge in [0.05, 0.1) is 0 Å². The van der Waals surface area contributed by atoms with Crippen LogP contribution in [-0.4, -0.2) is 26.4 Å². The molecule has 2 rings (SSSR count). The van der Waals surface area contributed by atoms with Crippen molar-refractivity contribution in [3.8, 4) is 0 Å². The predicted octanol–water partition coefficient (Wildman–Crippen LogP) is 1.25. The molecule has 1 heterocycles. The quantitative estimate of drug-likeness (QED) is 0.848. The van der Waals surface area contributed by atoms with Crippen LogP contribution < -0.4 is 5.73 Å². The van der Waals surface area contributed by atoms with E-state index in [-0.39, 0.29) is 12.6 Å². The largest absolute Gasteiger partial charge is 0.383 e. The van der Waals surface area contributed by atoms with E-state index in [1.165, 1.54) is 6.33 Å². The van der Waals surface area contributed by atoms with Gasteiger partial charge in [-0.3, -0.25) is 0 Å². The molecule has 1 unspecified atom stereocenters. The van der Waals surface area contributed by atoms with Crippen LogP contribution in [0.2, 0.25) is 0 Å². The number of nitrogens with two attached hydrogens (primary N) is 1. The summed E-state index contributed by atoms with van der Waals surface area (Å²) < 4.78 is 1.81. The Morgan fingerprint density at radius 3 is 2.58 bits per heavy atom. The zero-order chi connectivity index (χ0) is 13.9. The number of benzene rings is 1. The monoisotopic (exact) mass is 260 g/mol. The number of aliphatic hydroxyl groups is 1. The highest BCUT2D eigenvalue weighted by Crippen LogP contribution is 2.24. The molecule has 0 aliphatic carbocycles. The van der Waals surface area contributed by atoms with Crippen LogP contribution in [0.5, 0.6) is 0 Å². The molecule has 102 valence electrons. The first-order valence-corrected chi connectivity index (χ1v) is 6.43. The maximum absolute atomic E-state index is 10.8. The lowest BCUT2D eigenvalue weighted by Crippen LogP contribution is -2.38. The molecule has 1 aromatic carbocycles. The highest BCUT2D eigenvalue weighted by Gasteiger charge is 2.30. The highest BCUT2D eigenvalue weighted by atomic mass is 16.3. The molecule has 3 N–H and O–H groups in total. The number of hydrogen-bond acceptors (Lipinski definition) is 4. The maximum Gasteiger partial charge on any atom is 0.138 e. The lowest BCUT2D eigenvalue weighted by atomic mass is 9.90. The molecule has 0 bridgehead atoms. The lowest BCUT2D eigenvalue weighted by Gasteiger charge is -2.27. The van der Waals surface area contributed by atoms with Gasteiger partial charge < -0.3 is 10.8 Å². The first-order valence-electron chi connectivity index (χ1n) is 6.43. The van der Waals surface area contributed by atoms with Crippen LogP contribution in [0.15, 0.2) is 36.7 Å². The summed E-state index contributed by atoms with van der Waals surface area (Å²) in [7, 11) is 0. The highest BCUT2D eigenvalue weighted by molar-refractivity contribution is 5.24. The van der Waals surface area contributed by atoms with Crippen molar-refractivity contribution < 1.29 is 5.11 Å². The van der Waals surface area contributed by atoms with Crippen LogP contribution in [0, 0.1) is 0 Å². The normalized spacial score (nSPS) is 14.6. The fourth-order valence-electron chi connectivity index (χ4n) is 2.13. The fourth-order valence-corrected chi connectivity index (χ4v) is 2.13. The van der Waals surface area contributed by atoms with Crippen molar-refractivity contribution in [2.45, 2.75) is 31.9 Å². The SMILES string of the molecule is CC(C)n1ncnc1CC(O)(CN)c1ccccc1. The van der Waals surface area contributed by atoms with E-state index >= 15 is 0 Å². The molecule has 0 saturated carbocycles. The first kappa shape index (κ1) is 13.7. The van der Waals surface area contributed by atoms with Gasteiger partial charge in [-0.15, -0.1) is 0 Å². The average Bonchev–Trinajstić information content (AvgIpc) is 2.87. The van der Waals surface area contributed by atoms with Crippen molar-refractivity contribution in [3.05, 3.63) is 48.0 Å². The molecule has 0 amide bonds.